The maximum atomic E-state index is 12.1. The summed E-state index contributed by atoms with van der Waals surface area (Å²) in [5, 5.41) is 2.91. The molecule has 0 aromatic heterocycles. The van der Waals surface area contributed by atoms with E-state index in [1.54, 1.807) is 31.4 Å². The smallest absolute Gasteiger partial charge is 0.220 e. The third-order valence-electron chi connectivity index (χ3n) is 4.30. The minimum absolute atomic E-state index is 0.0622. The summed E-state index contributed by atoms with van der Waals surface area (Å²) in [5.41, 5.74) is 3.11. The topological polar surface area (TPSA) is 72.5 Å². The molecule has 5 nitrogen and oxygen atoms in total. The fourth-order valence-electron chi connectivity index (χ4n) is 2.72. The average Bonchev–Trinajstić information content (AvgIpc) is 2.61. The first-order chi connectivity index (χ1) is 12.3. The highest BCUT2D eigenvalue weighted by atomic mass is 32.2. The lowest BCUT2D eigenvalue weighted by atomic mass is 10.0. The molecule has 0 aliphatic carbocycles. The first-order valence-electron chi connectivity index (χ1n) is 8.45. The Bertz CT molecular complexity index is 844. The molecule has 0 saturated carbocycles. The summed E-state index contributed by atoms with van der Waals surface area (Å²) in [6, 6.07) is 14.6. The van der Waals surface area contributed by atoms with E-state index in [0.717, 1.165) is 16.7 Å². The molecule has 0 radical (unpaired) electrons. The third kappa shape index (κ3) is 5.68. The van der Waals surface area contributed by atoms with E-state index in [-0.39, 0.29) is 16.9 Å². The van der Waals surface area contributed by atoms with Gasteiger partial charge in [0, 0.05) is 26.3 Å². The number of amides is 1. The molecule has 2 aromatic rings. The second kappa shape index (κ2) is 8.96. The fraction of sp³-hybridized carbons (Fsp3) is 0.350. The van der Waals surface area contributed by atoms with Gasteiger partial charge in [0.15, 0.2) is 9.84 Å². The van der Waals surface area contributed by atoms with E-state index in [1.807, 2.05) is 31.2 Å². The van der Waals surface area contributed by atoms with Gasteiger partial charge >= 0.3 is 0 Å². The lowest BCUT2D eigenvalue weighted by Gasteiger charge is -2.18. The molecule has 6 heteroatoms. The van der Waals surface area contributed by atoms with Crippen LogP contribution in [0.1, 0.15) is 29.2 Å². The molecule has 2 aromatic carbocycles. The van der Waals surface area contributed by atoms with Crippen LogP contribution in [0.2, 0.25) is 0 Å². The minimum atomic E-state index is -3.20. The molecule has 1 unspecified atom stereocenters. The molecule has 1 N–H and O–H groups in total. The van der Waals surface area contributed by atoms with Gasteiger partial charge < -0.3 is 10.1 Å². The molecule has 0 spiro atoms. The number of ether oxygens (including phenoxy) is 1. The van der Waals surface area contributed by atoms with Crippen LogP contribution in [0.4, 0.5) is 0 Å². The van der Waals surface area contributed by atoms with Crippen LogP contribution in [0.3, 0.4) is 0 Å². The van der Waals surface area contributed by atoms with E-state index >= 15 is 0 Å². The van der Waals surface area contributed by atoms with E-state index in [1.165, 1.54) is 6.26 Å². The van der Waals surface area contributed by atoms with Crippen LogP contribution in [0.25, 0.3) is 0 Å². The highest BCUT2D eigenvalue weighted by molar-refractivity contribution is 7.90. The van der Waals surface area contributed by atoms with E-state index in [0.29, 0.717) is 19.4 Å². The van der Waals surface area contributed by atoms with Crippen molar-refractivity contribution < 1.29 is 17.9 Å². The van der Waals surface area contributed by atoms with E-state index < -0.39 is 9.84 Å². The lowest BCUT2D eigenvalue weighted by molar-refractivity contribution is -0.121. The second-order valence-corrected chi connectivity index (χ2v) is 8.32. The van der Waals surface area contributed by atoms with Crippen LogP contribution in [-0.4, -0.2) is 34.2 Å². The SMILES string of the molecule is COC(CNC(=O)CCc1ccc(S(C)(=O)=O)cc1)c1ccccc1C. The molecule has 1 amide bonds. The zero-order chi connectivity index (χ0) is 19.2. The number of carbonyl (C=O) groups excluding carboxylic acids is 1. The molecule has 0 bridgehead atoms. The minimum Gasteiger partial charge on any atom is -0.375 e. The van der Waals surface area contributed by atoms with Gasteiger partial charge in [0.05, 0.1) is 11.0 Å². The standard InChI is InChI=1S/C20H25NO4S/c1-15-6-4-5-7-18(15)19(25-2)14-21-20(22)13-10-16-8-11-17(12-9-16)26(3,23)24/h4-9,11-12,19H,10,13-14H2,1-3H3,(H,21,22). The summed E-state index contributed by atoms with van der Waals surface area (Å²) in [6.07, 6.45) is 1.88. The van der Waals surface area contributed by atoms with E-state index in [2.05, 4.69) is 5.32 Å². The molecule has 0 saturated heterocycles. The molecule has 0 aliphatic rings. The lowest BCUT2D eigenvalue weighted by Crippen LogP contribution is -2.29. The van der Waals surface area contributed by atoms with Gasteiger partial charge in [0.25, 0.3) is 0 Å². The zero-order valence-electron chi connectivity index (χ0n) is 15.4. The Morgan fingerprint density at radius 3 is 2.35 bits per heavy atom. The Kier molecular flexibility index (Phi) is 6.94. The van der Waals surface area contributed by atoms with Gasteiger partial charge in [0.2, 0.25) is 5.91 Å². The first-order valence-corrected chi connectivity index (χ1v) is 10.3. The maximum Gasteiger partial charge on any atom is 0.220 e. The molecular weight excluding hydrogens is 350 g/mol. The summed E-state index contributed by atoms with van der Waals surface area (Å²) in [4.78, 5) is 12.4. The van der Waals surface area contributed by atoms with Crippen molar-refractivity contribution in [1.82, 2.24) is 5.32 Å². The molecule has 1 atom stereocenters. The Labute approximate surface area is 155 Å². The van der Waals surface area contributed by atoms with Gasteiger partial charge in [0.1, 0.15) is 0 Å². The molecular formula is C20H25NO4S. The predicted molar refractivity (Wildman–Crippen MR) is 102 cm³/mol. The summed E-state index contributed by atoms with van der Waals surface area (Å²) >= 11 is 0. The Balaban J connectivity index is 1.86. The van der Waals surface area contributed by atoms with E-state index in [9.17, 15) is 13.2 Å². The highest BCUT2D eigenvalue weighted by Crippen LogP contribution is 2.19. The number of methoxy groups -OCH3 is 1. The van der Waals surface area contributed by atoms with Crippen LogP contribution in [-0.2, 0) is 25.8 Å². The molecule has 0 fully saturated rings. The van der Waals surface area contributed by atoms with Gasteiger partial charge in [-0.25, -0.2) is 8.42 Å². The number of benzene rings is 2. The monoisotopic (exact) mass is 375 g/mol. The highest BCUT2D eigenvalue weighted by Gasteiger charge is 2.14. The molecule has 26 heavy (non-hydrogen) atoms. The van der Waals surface area contributed by atoms with Crippen molar-refractivity contribution in [2.75, 3.05) is 19.9 Å². The van der Waals surface area contributed by atoms with Crippen LogP contribution in [0.15, 0.2) is 53.4 Å². The fourth-order valence-corrected chi connectivity index (χ4v) is 3.35. The summed E-state index contributed by atoms with van der Waals surface area (Å²) in [7, 11) is -1.56. The van der Waals surface area contributed by atoms with Crippen LogP contribution < -0.4 is 5.32 Å². The van der Waals surface area contributed by atoms with Crippen molar-refractivity contribution in [2.24, 2.45) is 0 Å². The number of sulfone groups is 1. The van der Waals surface area contributed by atoms with Crippen molar-refractivity contribution in [2.45, 2.75) is 30.8 Å². The number of hydrogen-bond donors (Lipinski definition) is 1. The van der Waals surface area contributed by atoms with Crippen LogP contribution in [0, 0.1) is 6.92 Å². The van der Waals surface area contributed by atoms with E-state index in [4.69, 9.17) is 4.74 Å². The Morgan fingerprint density at radius 1 is 1.12 bits per heavy atom. The van der Waals surface area contributed by atoms with Gasteiger partial charge in [-0.2, -0.15) is 0 Å². The maximum absolute atomic E-state index is 12.1. The first kappa shape index (κ1) is 20.1. The van der Waals surface area contributed by atoms with Gasteiger partial charge in [-0.1, -0.05) is 36.4 Å². The predicted octanol–water partition coefficient (Wildman–Crippen LogP) is 2.84. The van der Waals surface area contributed by atoms with Crippen LogP contribution >= 0.6 is 0 Å². The van der Waals surface area contributed by atoms with Crippen molar-refractivity contribution >= 4 is 15.7 Å². The van der Waals surface area contributed by atoms with Crippen molar-refractivity contribution in [3.63, 3.8) is 0 Å². The normalized spacial score (nSPS) is 12.6. The van der Waals surface area contributed by atoms with Crippen molar-refractivity contribution in [3.05, 3.63) is 65.2 Å². The number of nitrogens with one attached hydrogen (secondary N) is 1. The molecule has 140 valence electrons. The quantitative estimate of drug-likeness (QED) is 0.770. The summed E-state index contributed by atoms with van der Waals surface area (Å²) < 4.78 is 28.4. The van der Waals surface area contributed by atoms with Crippen molar-refractivity contribution in [3.8, 4) is 0 Å². The second-order valence-electron chi connectivity index (χ2n) is 6.30. The largest absolute Gasteiger partial charge is 0.375 e. The number of aryl methyl sites for hydroxylation is 2. The van der Waals surface area contributed by atoms with Crippen molar-refractivity contribution in [1.29, 1.82) is 0 Å². The summed E-state index contributed by atoms with van der Waals surface area (Å²) in [5.74, 6) is -0.0622. The number of hydrogen-bond acceptors (Lipinski definition) is 4. The average molecular weight is 375 g/mol. The molecule has 2 rings (SSSR count). The number of carbonyl (C=O) groups is 1. The third-order valence-corrected chi connectivity index (χ3v) is 5.43. The molecule has 0 aliphatic heterocycles. The Hall–Kier alpha value is -2.18. The Morgan fingerprint density at radius 2 is 1.77 bits per heavy atom. The van der Waals surface area contributed by atoms with Gasteiger partial charge in [-0.05, 0) is 42.2 Å². The summed E-state index contributed by atoms with van der Waals surface area (Å²) in [6.45, 7) is 2.43. The van der Waals surface area contributed by atoms with Gasteiger partial charge in [-0.15, -0.1) is 0 Å². The van der Waals surface area contributed by atoms with Gasteiger partial charge in [-0.3, -0.25) is 4.79 Å². The van der Waals surface area contributed by atoms with Crippen LogP contribution in [0.5, 0.6) is 0 Å². The number of rotatable bonds is 8. The zero-order valence-corrected chi connectivity index (χ0v) is 16.2. The molecule has 0 heterocycles.